The van der Waals surface area contributed by atoms with Crippen molar-refractivity contribution in [2.24, 2.45) is 0 Å². The van der Waals surface area contributed by atoms with Crippen LogP contribution in [0.3, 0.4) is 0 Å². The molecule has 1 aromatic heterocycles. The molecule has 0 aliphatic carbocycles. The third kappa shape index (κ3) is 5.35. The highest BCUT2D eigenvalue weighted by molar-refractivity contribution is 5.80. The molecule has 164 valence electrons. The maximum atomic E-state index is 13.4. The lowest BCUT2D eigenvalue weighted by Crippen LogP contribution is -2.44. The number of aromatic nitrogens is 1. The van der Waals surface area contributed by atoms with Crippen molar-refractivity contribution in [1.29, 1.82) is 0 Å². The van der Waals surface area contributed by atoms with Crippen LogP contribution in [-0.4, -0.2) is 29.4 Å². The van der Waals surface area contributed by atoms with Crippen LogP contribution in [0, 0.1) is 6.92 Å². The average Bonchev–Trinajstić information content (AvgIpc) is 2.74. The van der Waals surface area contributed by atoms with Gasteiger partial charge >= 0.3 is 0 Å². The van der Waals surface area contributed by atoms with Crippen molar-refractivity contribution >= 4 is 10.9 Å². The van der Waals surface area contributed by atoms with Crippen molar-refractivity contribution in [2.45, 2.75) is 58.3 Å². The first-order valence-electron chi connectivity index (χ1n) is 11.1. The van der Waals surface area contributed by atoms with E-state index in [0.717, 1.165) is 47.2 Å². The zero-order valence-electron chi connectivity index (χ0n) is 18.7. The summed E-state index contributed by atoms with van der Waals surface area (Å²) < 4.78 is 13.6. The topological polar surface area (TPSA) is 52.5 Å². The molecule has 1 atom stereocenters. The van der Waals surface area contributed by atoms with E-state index in [1.807, 2.05) is 41.0 Å². The Morgan fingerprint density at radius 1 is 1.16 bits per heavy atom. The standard InChI is InChI=1S/C26H32N2O3/c1-19-9-10-20-16-21(18-27-22-11-13-31-26(2,3)17-22)25(29)28(24(20)15-19)12-14-30-23-7-5-4-6-8-23/h4-10,15-16,22,27H,11-14,17-18H2,1-3H3. The number of hydrogen-bond acceptors (Lipinski definition) is 4. The molecule has 5 nitrogen and oxygen atoms in total. The molecule has 0 radical (unpaired) electrons. The smallest absolute Gasteiger partial charge is 0.255 e. The number of pyridine rings is 1. The Kier molecular flexibility index (Phi) is 6.44. The molecule has 1 aliphatic rings. The molecule has 0 spiro atoms. The van der Waals surface area contributed by atoms with E-state index in [9.17, 15) is 4.79 Å². The van der Waals surface area contributed by atoms with Gasteiger partial charge in [0, 0.05) is 24.8 Å². The number of nitrogens with one attached hydrogen (secondary N) is 1. The van der Waals surface area contributed by atoms with Crippen molar-refractivity contribution in [2.75, 3.05) is 13.2 Å². The van der Waals surface area contributed by atoms with Gasteiger partial charge in [0.05, 0.1) is 17.7 Å². The largest absolute Gasteiger partial charge is 0.492 e. The van der Waals surface area contributed by atoms with E-state index in [1.165, 1.54) is 0 Å². The van der Waals surface area contributed by atoms with Gasteiger partial charge in [0.2, 0.25) is 0 Å². The zero-order chi connectivity index (χ0) is 21.8. The number of ether oxygens (including phenoxy) is 2. The van der Waals surface area contributed by atoms with Crippen molar-refractivity contribution in [1.82, 2.24) is 9.88 Å². The Labute approximate surface area is 184 Å². The van der Waals surface area contributed by atoms with E-state index in [4.69, 9.17) is 9.47 Å². The molecule has 2 heterocycles. The first kappa shape index (κ1) is 21.6. The van der Waals surface area contributed by atoms with Gasteiger partial charge in [-0.05, 0) is 68.8 Å². The highest BCUT2D eigenvalue weighted by Crippen LogP contribution is 2.24. The Morgan fingerprint density at radius 3 is 2.74 bits per heavy atom. The number of benzene rings is 2. The lowest BCUT2D eigenvalue weighted by Gasteiger charge is -2.36. The second kappa shape index (κ2) is 9.25. The van der Waals surface area contributed by atoms with Crippen molar-refractivity contribution in [3.8, 4) is 5.75 Å². The molecular weight excluding hydrogens is 388 g/mol. The molecule has 1 unspecified atom stereocenters. The average molecular weight is 421 g/mol. The van der Waals surface area contributed by atoms with E-state index in [2.05, 4.69) is 44.3 Å². The lowest BCUT2D eigenvalue weighted by atomic mass is 9.94. The Hall–Kier alpha value is -2.63. The summed E-state index contributed by atoms with van der Waals surface area (Å²) in [6, 6.07) is 18.4. The Balaban J connectivity index is 1.55. The number of aryl methyl sites for hydroxylation is 1. The van der Waals surface area contributed by atoms with Crippen LogP contribution in [0.15, 0.2) is 59.4 Å². The minimum atomic E-state index is -0.119. The van der Waals surface area contributed by atoms with Gasteiger partial charge in [0.1, 0.15) is 12.4 Å². The van der Waals surface area contributed by atoms with Crippen molar-refractivity contribution < 1.29 is 9.47 Å². The minimum Gasteiger partial charge on any atom is -0.492 e. The monoisotopic (exact) mass is 420 g/mol. The van der Waals surface area contributed by atoms with Crippen LogP contribution in [0.2, 0.25) is 0 Å². The molecule has 0 bridgehead atoms. The molecule has 5 heteroatoms. The van der Waals surface area contributed by atoms with Gasteiger partial charge in [-0.25, -0.2) is 0 Å². The first-order valence-corrected chi connectivity index (χ1v) is 11.1. The lowest BCUT2D eigenvalue weighted by molar-refractivity contribution is -0.0630. The Morgan fingerprint density at radius 2 is 1.97 bits per heavy atom. The minimum absolute atomic E-state index is 0.0496. The third-order valence-corrected chi connectivity index (χ3v) is 5.93. The predicted molar refractivity (Wildman–Crippen MR) is 125 cm³/mol. The molecule has 3 aromatic rings. The van der Waals surface area contributed by atoms with Crippen LogP contribution in [0.25, 0.3) is 10.9 Å². The van der Waals surface area contributed by atoms with Crippen LogP contribution in [0.4, 0.5) is 0 Å². The van der Waals surface area contributed by atoms with Crippen LogP contribution < -0.4 is 15.6 Å². The number of rotatable bonds is 7. The fraction of sp³-hybridized carbons (Fsp3) is 0.423. The van der Waals surface area contributed by atoms with E-state index in [0.29, 0.717) is 25.7 Å². The highest BCUT2D eigenvalue weighted by Gasteiger charge is 2.28. The van der Waals surface area contributed by atoms with Gasteiger partial charge in [0.15, 0.2) is 0 Å². The fourth-order valence-electron chi connectivity index (χ4n) is 4.32. The Bertz CT molecular complexity index is 1090. The van der Waals surface area contributed by atoms with Crippen LogP contribution >= 0.6 is 0 Å². The molecule has 0 saturated carbocycles. The quantitative estimate of drug-likeness (QED) is 0.614. The second-order valence-corrected chi connectivity index (χ2v) is 9.03. The molecule has 2 aromatic carbocycles. The molecule has 1 fully saturated rings. The van der Waals surface area contributed by atoms with Gasteiger partial charge in [-0.2, -0.15) is 0 Å². The second-order valence-electron chi connectivity index (χ2n) is 9.03. The molecule has 1 aliphatic heterocycles. The fourth-order valence-corrected chi connectivity index (χ4v) is 4.32. The molecule has 1 saturated heterocycles. The summed E-state index contributed by atoms with van der Waals surface area (Å²) in [6.07, 6.45) is 1.91. The van der Waals surface area contributed by atoms with Gasteiger partial charge in [-0.3, -0.25) is 4.79 Å². The van der Waals surface area contributed by atoms with Gasteiger partial charge in [-0.1, -0.05) is 30.3 Å². The van der Waals surface area contributed by atoms with Gasteiger partial charge in [-0.15, -0.1) is 0 Å². The SMILES string of the molecule is Cc1ccc2cc(CNC3CCOC(C)(C)C3)c(=O)n(CCOc3ccccc3)c2c1. The molecule has 1 N–H and O–H groups in total. The number of hydrogen-bond donors (Lipinski definition) is 1. The molecule has 4 rings (SSSR count). The first-order chi connectivity index (χ1) is 14.9. The summed E-state index contributed by atoms with van der Waals surface area (Å²) in [5.74, 6) is 0.816. The van der Waals surface area contributed by atoms with Crippen molar-refractivity contribution in [3.05, 3.63) is 76.1 Å². The summed E-state index contributed by atoms with van der Waals surface area (Å²) >= 11 is 0. The van der Waals surface area contributed by atoms with E-state index < -0.39 is 0 Å². The van der Waals surface area contributed by atoms with E-state index in [1.54, 1.807) is 0 Å². The van der Waals surface area contributed by atoms with E-state index in [-0.39, 0.29) is 11.2 Å². The van der Waals surface area contributed by atoms with E-state index >= 15 is 0 Å². The summed E-state index contributed by atoms with van der Waals surface area (Å²) in [4.78, 5) is 13.4. The van der Waals surface area contributed by atoms with Crippen LogP contribution in [-0.2, 0) is 17.8 Å². The predicted octanol–water partition coefficient (Wildman–Crippen LogP) is 4.44. The summed E-state index contributed by atoms with van der Waals surface area (Å²) in [6.45, 7) is 8.56. The third-order valence-electron chi connectivity index (χ3n) is 5.93. The van der Waals surface area contributed by atoms with Crippen LogP contribution in [0.1, 0.15) is 37.8 Å². The summed E-state index contributed by atoms with van der Waals surface area (Å²) in [5.41, 5.74) is 2.82. The van der Waals surface area contributed by atoms with Crippen LogP contribution in [0.5, 0.6) is 5.75 Å². The number of fused-ring (bicyclic) bond motifs is 1. The summed E-state index contributed by atoms with van der Waals surface area (Å²) in [5, 5.41) is 4.67. The maximum absolute atomic E-state index is 13.4. The van der Waals surface area contributed by atoms with Gasteiger partial charge in [0.25, 0.3) is 5.56 Å². The molecule has 0 amide bonds. The normalized spacial score (nSPS) is 18.2. The zero-order valence-corrected chi connectivity index (χ0v) is 18.7. The van der Waals surface area contributed by atoms with Gasteiger partial charge < -0.3 is 19.4 Å². The van der Waals surface area contributed by atoms with Crippen molar-refractivity contribution in [3.63, 3.8) is 0 Å². The number of nitrogens with zero attached hydrogens (tertiary/aromatic N) is 1. The molecule has 31 heavy (non-hydrogen) atoms. The summed E-state index contributed by atoms with van der Waals surface area (Å²) in [7, 11) is 0. The number of para-hydroxylation sites is 1. The highest BCUT2D eigenvalue weighted by atomic mass is 16.5. The molecular formula is C26H32N2O3. The maximum Gasteiger partial charge on any atom is 0.255 e.